The van der Waals surface area contributed by atoms with Crippen molar-refractivity contribution in [3.05, 3.63) is 35.2 Å². The van der Waals surface area contributed by atoms with Crippen LogP contribution in [0.15, 0.2) is 24.5 Å². The summed E-state index contributed by atoms with van der Waals surface area (Å²) in [5, 5.41) is 1.74. The molecule has 0 aliphatic rings. The van der Waals surface area contributed by atoms with Crippen LogP contribution in [0.1, 0.15) is 25.5 Å². The molecule has 1 heterocycles. The molecule has 0 unspecified atom stereocenters. The van der Waals surface area contributed by atoms with Gasteiger partial charge in [0.15, 0.2) is 0 Å². The van der Waals surface area contributed by atoms with Gasteiger partial charge in [-0.25, -0.2) is 9.97 Å². The number of para-hydroxylation sites is 1. The Balaban J connectivity index is 2.81. The number of hydrogen-bond acceptors (Lipinski definition) is 2. The van der Waals surface area contributed by atoms with Crippen molar-refractivity contribution < 1.29 is 0 Å². The van der Waals surface area contributed by atoms with E-state index in [0.29, 0.717) is 10.9 Å². The molecule has 2 aromatic rings. The van der Waals surface area contributed by atoms with Crippen LogP contribution < -0.4 is 0 Å². The van der Waals surface area contributed by atoms with Crippen LogP contribution in [0.4, 0.5) is 0 Å². The number of nitrogens with zero attached hydrogens (tertiary/aromatic N) is 2. The Morgan fingerprint density at radius 2 is 2.00 bits per heavy atom. The summed E-state index contributed by atoms with van der Waals surface area (Å²) >= 11 is 6.04. The molecular weight excluding hydrogens is 196 g/mol. The molecule has 2 rings (SSSR count). The SMILES string of the molecule is CC(C)c1ncnc2c(Cl)cccc12. The fourth-order valence-corrected chi connectivity index (χ4v) is 1.75. The zero-order valence-corrected chi connectivity index (χ0v) is 8.92. The Kier molecular flexibility index (Phi) is 2.38. The molecule has 72 valence electrons. The molecule has 0 aliphatic heterocycles. The first-order valence-corrected chi connectivity index (χ1v) is 4.97. The molecule has 0 bridgehead atoms. The van der Waals surface area contributed by atoms with Crippen molar-refractivity contribution in [2.45, 2.75) is 19.8 Å². The summed E-state index contributed by atoms with van der Waals surface area (Å²) < 4.78 is 0. The first-order valence-electron chi connectivity index (χ1n) is 4.59. The summed E-state index contributed by atoms with van der Waals surface area (Å²) in [4.78, 5) is 8.46. The minimum atomic E-state index is 0.388. The van der Waals surface area contributed by atoms with Crippen molar-refractivity contribution in [2.75, 3.05) is 0 Å². The number of fused-ring (bicyclic) bond motifs is 1. The minimum Gasteiger partial charge on any atom is -0.240 e. The van der Waals surface area contributed by atoms with Crippen molar-refractivity contribution in [2.24, 2.45) is 0 Å². The van der Waals surface area contributed by atoms with Crippen LogP contribution in [0.5, 0.6) is 0 Å². The molecule has 0 saturated heterocycles. The highest BCUT2D eigenvalue weighted by atomic mass is 35.5. The zero-order valence-electron chi connectivity index (χ0n) is 8.16. The van der Waals surface area contributed by atoms with Crippen molar-refractivity contribution in [3.8, 4) is 0 Å². The second-order valence-electron chi connectivity index (χ2n) is 3.55. The molecule has 1 aromatic heterocycles. The summed E-state index contributed by atoms with van der Waals surface area (Å²) in [5.41, 5.74) is 1.89. The van der Waals surface area contributed by atoms with Crippen molar-refractivity contribution in [3.63, 3.8) is 0 Å². The average Bonchev–Trinajstić information content (AvgIpc) is 2.17. The fourth-order valence-electron chi connectivity index (χ4n) is 1.53. The number of benzene rings is 1. The maximum atomic E-state index is 6.04. The van der Waals surface area contributed by atoms with Crippen LogP contribution in [0.3, 0.4) is 0 Å². The van der Waals surface area contributed by atoms with E-state index in [-0.39, 0.29) is 0 Å². The molecule has 0 atom stereocenters. The average molecular weight is 207 g/mol. The van der Waals surface area contributed by atoms with E-state index >= 15 is 0 Å². The lowest BCUT2D eigenvalue weighted by Crippen LogP contribution is -1.95. The lowest BCUT2D eigenvalue weighted by atomic mass is 10.1. The fraction of sp³-hybridized carbons (Fsp3) is 0.273. The number of halogens is 1. The molecule has 0 radical (unpaired) electrons. The highest BCUT2D eigenvalue weighted by Crippen LogP contribution is 2.26. The first kappa shape index (κ1) is 9.41. The quantitative estimate of drug-likeness (QED) is 0.715. The van der Waals surface area contributed by atoms with E-state index in [0.717, 1.165) is 16.6 Å². The van der Waals surface area contributed by atoms with Crippen LogP contribution in [0.2, 0.25) is 5.02 Å². The maximum absolute atomic E-state index is 6.04. The molecule has 0 aliphatic carbocycles. The van der Waals surface area contributed by atoms with Crippen LogP contribution >= 0.6 is 11.6 Å². The third-order valence-electron chi connectivity index (χ3n) is 2.19. The van der Waals surface area contributed by atoms with E-state index in [9.17, 15) is 0 Å². The van der Waals surface area contributed by atoms with Gasteiger partial charge in [0.2, 0.25) is 0 Å². The molecule has 1 aromatic carbocycles. The van der Waals surface area contributed by atoms with Gasteiger partial charge in [0.1, 0.15) is 6.33 Å². The topological polar surface area (TPSA) is 25.8 Å². The number of hydrogen-bond donors (Lipinski definition) is 0. The Labute approximate surface area is 88.0 Å². The molecule has 0 amide bonds. The lowest BCUT2D eigenvalue weighted by Gasteiger charge is -2.07. The second kappa shape index (κ2) is 3.54. The monoisotopic (exact) mass is 206 g/mol. The molecule has 0 fully saturated rings. The van der Waals surface area contributed by atoms with Crippen LogP contribution in [0.25, 0.3) is 10.9 Å². The third-order valence-corrected chi connectivity index (χ3v) is 2.50. The lowest BCUT2D eigenvalue weighted by molar-refractivity contribution is 0.828. The molecule has 0 spiro atoms. The van der Waals surface area contributed by atoms with Gasteiger partial charge in [-0.15, -0.1) is 0 Å². The van der Waals surface area contributed by atoms with Gasteiger partial charge in [0.25, 0.3) is 0 Å². The summed E-state index contributed by atoms with van der Waals surface area (Å²) in [6.07, 6.45) is 1.57. The van der Waals surface area contributed by atoms with Gasteiger partial charge in [-0.1, -0.05) is 37.6 Å². The molecule has 0 saturated carbocycles. The van der Waals surface area contributed by atoms with Gasteiger partial charge in [0.05, 0.1) is 16.2 Å². The summed E-state index contributed by atoms with van der Waals surface area (Å²) in [6.45, 7) is 4.23. The molecular formula is C11H11ClN2. The van der Waals surface area contributed by atoms with Gasteiger partial charge in [0, 0.05) is 5.39 Å². The zero-order chi connectivity index (χ0) is 10.1. The summed E-state index contributed by atoms with van der Waals surface area (Å²) in [5.74, 6) is 0.388. The Bertz CT molecular complexity index is 466. The largest absolute Gasteiger partial charge is 0.240 e. The van der Waals surface area contributed by atoms with E-state index in [4.69, 9.17) is 11.6 Å². The summed E-state index contributed by atoms with van der Waals surface area (Å²) in [6, 6.07) is 5.79. The van der Waals surface area contributed by atoms with E-state index < -0.39 is 0 Å². The van der Waals surface area contributed by atoms with Crippen molar-refractivity contribution in [1.82, 2.24) is 9.97 Å². The van der Waals surface area contributed by atoms with Gasteiger partial charge in [-0.3, -0.25) is 0 Å². The van der Waals surface area contributed by atoms with E-state index in [1.54, 1.807) is 6.33 Å². The first-order chi connectivity index (χ1) is 6.70. The maximum Gasteiger partial charge on any atom is 0.116 e. The van der Waals surface area contributed by atoms with E-state index in [1.165, 1.54) is 0 Å². The van der Waals surface area contributed by atoms with Gasteiger partial charge >= 0.3 is 0 Å². The van der Waals surface area contributed by atoms with Gasteiger partial charge < -0.3 is 0 Å². The molecule has 3 heteroatoms. The summed E-state index contributed by atoms with van der Waals surface area (Å²) in [7, 11) is 0. The van der Waals surface area contributed by atoms with Crippen LogP contribution in [0, 0.1) is 0 Å². The van der Waals surface area contributed by atoms with Crippen molar-refractivity contribution >= 4 is 22.5 Å². The number of rotatable bonds is 1. The normalized spacial score (nSPS) is 11.1. The smallest absolute Gasteiger partial charge is 0.116 e. The standard InChI is InChI=1S/C11H11ClN2/c1-7(2)10-8-4-3-5-9(12)11(8)14-6-13-10/h3-7H,1-2H3. The van der Waals surface area contributed by atoms with E-state index in [2.05, 4.69) is 23.8 Å². The van der Waals surface area contributed by atoms with Crippen LogP contribution in [-0.2, 0) is 0 Å². The number of aromatic nitrogens is 2. The predicted molar refractivity (Wildman–Crippen MR) is 58.6 cm³/mol. The Hall–Kier alpha value is -1.15. The highest BCUT2D eigenvalue weighted by Gasteiger charge is 2.08. The van der Waals surface area contributed by atoms with E-state index in [1.807, 2.05) is 18.2 Å². The molecule has 2 nitrogen and oxygen atoms in total. The van der Waals surface area contributed by atoms with Crippen LogP contribution in [-0.4, -0.2) is 9.97 Å². The van der Waals surface area contributed by atoms with Crippen molar-refractivity contribution in [1.29, 1.82) is 0 Å². The predicted octanol–water partition coefficient (Wildman–Crippen LogP) is 3.41. The molecule has 0 N–H and O–H groups in total. The van der Waals surface area contributed by atoms with Gasteiger partial charge in [-0.05, 0) is 12.0 Å². The second-order valence-corrected chi connectivity index (χ2v) is 3.96. The minimum absolute atomic E-state index is 0.388. The Morgan fingerprint density at radius 3 is 2.71 bits per heavy atom. The van der Waals surface area contributed by atoms with Gasteiger partial charge in [-0.2, -0.15) is 0 Å². The third kappa shape index (κ3) is 1.46. The molecule has 14 heavy (non-hydrogen) atoms. The Morgan fingerprint density at radius 1 is 1.21 bits per heavy atom. The highest BCUT2D eigenvalue weighted by molar-refractivity contribution is 6.35.